The molecule has 6 aromatic rings. The molecule has 0 saturated carbocycles. The van der Waals surface area contributed by atoms with Crippen LogP contribution >= 0.6 is 0 Å². The predicted molar refractivity (Wildman–Crippen MR) is 168 cm³/mol. The van der Waals surface area contributed by atoms with E-state index in [4.69, 9.17) is 14.2 Å². The maximum absolute atomic E-state index is 14.3. The number of carbonyl (C=O) groups excluding carboxylic acids is 1. The Morgan fingerprint density at radius 3 is 2.54 bits per heavy atom. The smallest absolute Gasteiger partial charge is 0.341 e. The van der Waals surface area contributed by atoms with E-state index >= 15 is 0 Å². The van der Waals surface area contributed by atoms with Crippen LogP contribution in [0.25, 0.3) is 21.8 Å². The number of aromatic hydroxyl groups is 1. The summed E-state index contributed by atoms with van der Waals surface area (Å²) in [5, 5.41) is 13.1. The van der Waals surface area contributed by atoms with E-state index < -0.39 is 34.6 Å². The fraction of sp³-hybridized carbons (Fsp3) is 0.167. The number of esters is 1. The van der Waals surface area contributed by atoms with Crippen molar-refractivity contribution in [2.24, 2.45) is 7.05 Å². The summed E-state index contributed by atoms with van der Waals surface area (Å²) in [5.74, 6) is -3.52. The fourth-order valence-electron chi connectivity index (χ4n) is 6.26. The molecule has 2 aromatic heterocycles. The third kappa shape index (κ3) is 4.82. The Kier molecular flexibility index (Phi) is 7.40. The lowest BCUT2D eigenvalue weighted by Crippen LogP contribution is -2.26. The van der Waals surface area contributed by atoms with Crippen LogP contribution in [0.3, 0.4) is 0 Å². The van der Waals surface area contributed by atoms with Gasteiger partial charge in [-0.1, -0.05) is 48.5 Å². The number of para-hydroxylation sites is 3. The molecule has 0 spiro atoms. The van der Waals surface area contributed by atoms with Gasteiger partial charge in [-0.3, -0.25) is 4.79 Å². The fourth-order valence-corrected chi connectivity index (χ4v) is 6.26. The number of pyridine rings is 1. The molecule has 1 aliphatic heterocycles. The van der Waals surface area contributed by atoms with E-state index in [0.717, 1.165) is 23.0 Å². The van der Waals surface area contributed by atoms with Crippen molar-refractivity contribution in [3.05, 3.63) is 135 Å². The first-order chi connectivity index (χ1) is 22.3. The van der Waals surface area contributed by atoms with Gasteiger partial charge in [-0.15, -0.1) is 0 Å². The quantitative estimate of drug-likeness (QED) is 0.201. The summed E-state index contributed by atoms with van der Waals surface area (Å²) >= 11 is 0. The van der Waals surface area contributed by atoms with Crippen molar-refractivity contribution in [3.8, 4) is 17.2 Å². The van der Waals surface area contributed by atoms with Crippen LogP contribution < -0.4 is 15.0 Å². The Morgan fingerprint density at radius 1 is 0.957 bits per heavy atom. The van der Waals surface area contributed by atoms with Gasteiger partial charge in [-0.05, 0) is 42.0 Å². The van der Waals surface area contributed by atoms with Crippen molar-refractivity contribution in [3.63, 3.8) is 0 Å². The highest BCUT2D eigenvalue weighted by atomic mass is 19.2. The Labute approximate surface area is 261 Å². The Bertz CT molecular complexity index is 2210. The van der Waals surface area contributed by atoms with E-state index in [-0.39, 0.29) is 24.3 Å². The summed E-state index contributed by atoms with van der Waals surface area (Å²) in [5.41, 5.74) is 2.39. The number of ether oxygens (including phenoxy) is 3. The molecule has 1 atom stereocenters. The van der Waals surface area contributed by atoms with E-state index in [1.165, 1.54) is 10.6 Å². The number of aryl methyl sites for hydroxylation is 1. The third-order valence-electron chi connectivity index (χ3n) is 8.40. The van der Waals surface area contributed by atoms with Gasteiger partial charge in [0.25, 0.3) is 5.56 Å². The molecule has 1 unspecified atom stereocenters. The topological polar surface area (TPSA) is 103 Å². The molecule has 0 aliphatic carbocycles. The summed E-state index contributed by atoms with van der Waals surface area (Å²) in [6.45, 7) is 0.480. The van der Waals surface area contributed by atoms with E-state index in [1.54, 1.807) is 43.4 Å². The van der Waals surface area contributed by atoms with Gasteiger partial charge in [-0.25, -0.2) is 13.6 Å². The molecule has 10 heteroatoms. The second-order valence-electron chi connectivity index (χ2n) is 11.0. The van der Waals surface area contributed by atoms with Gasteiger partial charge in [-0.2, -0.15) is 0 Å². The van der Waals surface area contributed by atoms with Gasteiger partial charge in [0.2, 0.25) is 0 Å². The summed E-state index contributed by atoms with van der Waals surface area (Å²) in [6, 6.07) is 23.3. The first-order valence-corrected chi connectivity index (χ1v) is 14.7. The minimum Gasteiger partial charge on any atom is -0.507 e. The van der Waals surface area contributed by atoms with Gasteiger partial charge < -0.3 is 28.9 Å². The molecule has 0 bridgehead atoms. The normalized spacial score (nSPS) is 13.2. The zero-order valence-electron chi connectivity index (χ0n) is 24.7. The van der Waals surface area contributed by atoms with Crippen LogP contribution in [0.2, 0.25) is 0 Å². The van der Waals surface area contributed by atoms with Crippen LogP contribution in [0.1, 0.15) is 38.7 Å². The van der Waals surface area contributed by atoms with Crippen LogP contribution in [0.5, 0.6) is 17.2 Å². The van der Waals surface area contributed by atoms with Crippen molar-refractivity contribution >= 4 is 27.8 Å². The minimum absolute atomic E-state index is 0.121. The number of fused-ring (bicyclic) bond motifs is 3. The number of rotatable bonds is 7. The molecule has 4 aromatic carbocycles. The summed E-state index contributed by atoms with van der Waals surface area (Å²) in [7, 11) is 1.65. The monoisotopic (exact) mass is 622 g/mol. The molecule has 8 nitrogen and oxygen atoms in total. The molecule has 0 fully saturated rings. The Hall–Kier alpha value is -5.64. The molecule has 3 heterocycles. The molecule has 0 amide bonds. The standard InChI is InChI=1S/C36H28F2N2O6/c1-40-27-14-5-3-9-22(27)33(41)30(35(40)42)29(23-10-7-15-28-34(23)45-19-18-44-28)32-21(20-8-2-4-13-26(20)39-32)16-17-46-36(43)24-11-6-12-25(37)31(24)38/h2-15,29,39,41H,16-19H2,1H3. The summed E-state index contributed by atoms with van der Waals surface area (Å²) in [4.78, 5) is 30.4. The largest absolute Gasteiger partial charge is 0.507 e. The maximum atomic E-state index is 14.3. The number of benzene rings is 4. The number of halogens is 2. The predicted octanol–water partition coefficient (Wildman–Crippen LogP) is 6.35. The lowest BCUT2D eigenvalue weighted by atomic mass is 9.84. The maximum Gasteiger partial charge on any atom is 0.341 e. The number of aromatic amines is 1. The van der Waals surface area contributed by atoms with E-state index in [1.807, 2.05) is 30.3 Å². The number of nitrogens with one attached hydrogen (secondary N) is 1. The number of carbonyl (C=O) groups is 1. The molecule has 0 radical (unpaired) electrons. The van der Waals surface area contributed by atoms with Crippen molar-refractivity contribution in [2.75, 3.05) is 19.8 Å². The molecular weight excluding hydrogens is 594 g/mol. The second kappa shape index (κ2) is 11.7. The lowest BCUT2D eigenvalue weighted by molar-refractivity contribution is 0.0502. The molecule has 0 saturated heterocycles. The first kappa shape index (κ1) is 29.1. The Balaban J connectivity index is 1.41. The van der Waals surface area contributed by atoms with Crippen molar-refractivity contribution in [2.45, 2.75) is 12.3 Å². The van der Waals surface area contributed by atoms with Crippen molar-refractivity contribution < 1.29 is 32.9 Å². The van der Waals surface area contributed by atoms with Gasteiger partial charge >= 0.3 is 5.97 Å². The van der Waals surface area contributed by atoms with E-state index in [2.05, 4.69) is 4.98 Å². The Morgan fingerprint density at radius 2 is 1.70 bits per heavy atom. The van der Waals surface area contributed by atoms with Crippen LogP contribution in [0.4, 0.5) is 8.78 Å². The molecule has 2 N–H and O–H groups in total. The van der Waals surface area contributed by atoms with Gasteiger partial charge in [0, 0.05) is 41.0 Å². The van der Waals surface area contributed by atoms with Crippen LogP contribution in [-0.4, -0.2) is 40.4 Å². The zero-order valence-corrected chi connectivity index (χ0v) is 24.7. The molecule has 232 valence electrons. The van der Waals surface area contributed by atoms with E-state index in [9.17, 15) is 23.5 Å². The number of aromatic nitrogens is 2. The average molecular weight is 623 g/mol. The first-order valence-electron chi connectivity index (χ1n) is 14.7. The highest BCUT2D eigenvalue weighted by Gasteiger charge is 2.34. The SMILES string of the molecule is Cn1c(=O)c(C(c2cccc3c2OCCO3)c2[nH]c3ccccc3c2CCOC(=O)c2cccc(F)c2F)c(O)c2ccccc21. The number of hydrogen-bond donors (Lipinski definition) is 2. The third-order valence-corrected chi connectivity index (χ3v) is 8.40. The minimum atomic E-state index is -1.28. The summed E-state index contributed by atoms with van der Waals surface area (Å²) in [6.07, 6.45) is 0.152. The average Bonchev–Trinajstić information content (AvgIpc) is 3.44. The van der Waals surface area contributed by atoms with Crippen LogP contribution in [0, 0.1) is 11.6 Å². The van der Waals surface area contributed by atoms with Gasteiger partial charge in [0.1, 0.15) is 19.0 Å². The molecular formula is C36H28F2N2O6. The van der Waals surface area contributed by atoms with Gasteiger partial charge in [0.15, 0.2) is 23.1 Å². The van der Waals surface area contributed by atoms with Gasteiger partial charge in [0.05, 0.1) is 29.2 Å². The lowest BCUT2D eigenvalue weighted by Gasteiger charge is -2.27. The number of nitrogens with zero attached hydrogens (tertiary/aromatic N) is 1. The highest BCUT2D eigenvalue weighted by molar-refractivity contribution is 5.90. The molecule has 7 rings (SSSR count). The summed E-state index contributed by atoms with van der Waals surface area (Å²) < 4.78 is 47.0. The zero-order chi connectivity index (χ0) is 31.9. The van der Waals surface area contributed by atoms with Crippen LogP contribution in [0.15, 0.2) is 89.7 Å². The number of H-pyrrole nitrogens is 1. The van der Waals surface area contributed by atoms with Crippen molar-refractivity contribution in [1.29, 1.82) is 0 Å². The molecule has 1 aliphatic rings. The second-order valence-corrected chi connectivity index (χ2v) is 11.0. The van der Waals surface area contributed by atoms with Crippen molar-refractivity contribution in [1.82, 2.24) is 9.55 Å². The van der Waals surface area contributed by atoms with E-state index in [0.29, 0.717) is 52.4 Å². The number of hydrogen-bond acceptors (Lipinski definition) is 6. The highest BCUT2D eigenvalue weighted by Crippen LogP contribution is 2.47. The molecule has 46 heavy (non-hydrogen) atoms. The van der Waals surface area contributed by atoms with Crippen LogP contribution in [-0.2, 0) is 18.2 Å².